The monoisotopic (exact) mass is 282 g/mol. The summed E-state index contributed by atoms with van der Waals surface area (Å²) in [5, 5.41) is 25.5. The van der Waals surface area contributed by atoms with E-state index in [1.807, 2.05) is 6.92 Å². The number of amides is 1. The Kier molecular flexibility index (Phi) is 3.80. The molecule has 1 amide bonds. The van der Waals surface area contributed by atoms with E-state index in [4.69, 9.17) is 0 Å². The predicted octanol–water partition coefficient (Wildman–Crippen LogP) is 0.844. The Hall–Kier alpha value is -2.36. The molecule has 0 aromatic carbocycles. The van der Waals surface area contributed by atoms with Crippen LogP contribution in [0.5, 0.6) is 0 Å². The number of nitrogens with one attached hydrogen (secondary N) is 1. The molecule has 0 aliphatic heterocycles. The molecule has 100 valence electrons. The first-order valence-corrected chi connectivity index (χ1v) is 6.20. The van der Waals surface area contributed by atoms with E-state index < -0.39 is 4.92 Å². The molecule has 0 saturated carbocycles. The topological polar surface area (TPSA) is 116 Å². The van der Waals surface area contributed by atoms with Gasteiger partial charge in [0.25, 0.3) is 0 Å². The molecular weight excluding hydrogens is 272 g/mol. The van der Waals surface area contributed by atoms with Crippen molar-refractivity contribution in [3.63, 3.8) is 0 Å². The van der Waals surface area contributed by atoms with Gasteiger partial charge in [-0.15, -0.1) is 10.2 Å². The van der Waals surface area contributed by atoms with Crippen molar-refractivity contribution in [1.29, 1.82) is 0 Å². The van der Waals surface area contributed by atoms with Gasteiger partial charge in [0, 0.05) is 0 Å². The third kappa shape index (κ3) is 3.31. The molecule has 0 fully saturated rings. The average molecular weight is 282 g/mol. The first kappa shape index (κ1) is 13.1. The summed E-state index contributed by atoms with van der Waals surface area (Å²) in [7, 11) is 0. The summed E-state index contributed by atoms with van der Waals surface area (Å²) in [6.45, 7) is 1.82. The minimum Gasteiger partial charge on any atom is -0.358 e. The zero-order valence-corrected chi connectivity index (χ0v) is 10.8. The molecule has 0 atom stereocenters. The maximum absolute atomic E-state index is 11.7. The Labute approximate surface area is 111 Å². The number of carbonyl (C=O) groups is 1. The molecule has 19 heavy (non-hydrogen) atoms. The number of nitrogens with zero attached hydrogens (tertiary/aromatic N) is 5. The van der Waals surface area contributed by atoms with E-state index in [9.17, 15) is 14.9 Å². The number of nitro groups is 1. The Balaban J connectivity index is 1.95. The van der Waals surface area contributed by atoms with Gasteiger partial charge < -0.3 is 10.1 Å². The molecule has 9 nitrogen and oxygen atoms in total. The molecular formula is C9H10N6O3S. The fourth-order valence-corrected chi connectivity index (χ4v) is 1.99. The third-order valence-electron chi connectivity index (χ3n) is 2.13. The summed E-state index contributed by atoms with van der Waals surface area (Å²) in [6, 6.07) is 1.23. The van der Waals surface area contributed by atoms with Crippen molar-refractivity contribution in [2.24, 2.45) is 0 Å². The molecule has 2 aromatic rings. The van der Waals surface area contributed by atoms with Crippen LogP contribution in [0.3, 0.4) is 0 Å². The SMILES string of the molecule is CCc1nnc(NC(=O)Cn2ccc([N+](=O)[O-])n2)s1. The molecule has 2 heterocycles. The number of hydrogen-bond acceptors (Lipinski definition) is 7. The van der Waals surface area contributed by atoms with Gasteiger partial charge >= 0.3 is 5.82 Å². The average Bonchev–Trinajstić information content (AvgIpc) is 2.98. The lowest BCUT2D eigenvalue weighted by atomic mass is 10.5. The number of anilines is 1. The van der Waals surface area contributed by atoms with E-state index in [2.05, 4.69) is 20.6 Å². The Morgan fingerprint density at radius 3 is 2.95 bits per heavy atom. The van der Waals surface area contributed by atoms with E-state index in [0.717, 1.165) is 11.4 Å². The minimum atomic E-state index is -0.618. The molecule has 0 aliphatic carbocycles. The zero-order valence-electron chi connectivity index (χ0n) is 9.94. The highest BCUT2D eigenvalue weighted by atomic mass is 32.1. The Morgan fingerprint density at radius 2 is 2.37 bits per heavy atom. The van der Waals surface area contributed by atoms with Gasteiger partial charge in [-0.25, -0.2) is 0 Å². The number of aromatic nitrogens is 4. The molecule has 0 bridgehead atoms. The van der Waals surface area contributed by atoms with Crippen LogP contribution < -0.4 is 5.32 Å². The van der Waals surface area contributed by atoms with Crippen molar-refractivity contribution in [3.8, 4) is 0 Å². The van der Waals surface area contributed by atoms with Crippen LogP contribution in [0.25, 0.3) is 0 Å². The predicted molar refractivity (Wildman–Crippen MR) is 66.8 cm³/mol. The fourth-order valence-electron chi connectivity index (χ4n) is 1.29. The summed E-state index contributed by atoms with van der Waals surface area (Å²) in [6.07, 6.45) is 2.12. The van der Waals surface area contributed by atoms with E-state index >= 15 is 0 Å². The molecule has 0 spiro atoms. The van der Waals surface area contributed by atoms with Gasteiger partial charge in [0.05, 0.1) is 17.4 Å². The van der Waals surface area contributed by atoms with Gasteiger partial charge in [0.1, 0.15) is 11.6 Å². The van der Waals surface area contributed by atoms with Crippen LogP contribution in [0, 0.1) is 10.1 Å². The van der Waals surface area contributed by atoms with Crippen molar-refractivity contribution < 1.29 is 9.72 Å². The lowest BCUT2D eigenvalue weighted by Gasteiger charge is -1.97. The van der Waals surface area contributed by atoms with Crippen molar-refractivity contribution in [2.45, 2.75) is 19.9 Å². The van der Waals surface area contributed by atoms with Gasteiger partial charge in [-0.3, -0.25) is 10.1 Å². The van der Waals surface area contributed by atoms with Crippen molar-refractivity contribution in [1.82, 2.24) is 20.0 Å². The normalized spacial score (nSPS) is 10.4. The third-order valence-corrected chi connectivity index (χ3v) is 3.12. The minimum absolute atomic E-state index is 0.116. The second kappa shape index (κ2) is 5.52. The maximum atomic E-state index is 11.7. The standard InChI is InChI=1S/C9H10N6O3S/c1-2-8-11-12-9(19-8)10-7(16)5-14-4-3-6(13-14)15(17)18/h3-4H,2,5H2,1H3,(H,10,12,16). The summed E-state index contributed by atoms with van der Waals surface area (Å²) < 4.78 is 1.19. The summed E-state index contributed by atoms with van der Waals surface area (Å²) in [5.74, 6) is -0.659. The van der Waals surface area contributed by atoms with E-state index in [1.165, 1.54) is 28.3 Å². The first-order chi connectivity index (χ1) is 9.08. The maximum Gasteiger partial charge on any atom is 0.389 e. The highest BCUT2D eigenvalue weighted by Gasteiger charge is 2.14. The Bertz CT molecular complexity index is 607. The van der Waals surface area contributed by atoms with Gasteiger partial charge in [-0.05, 0) is 11.3 Å². The number of aryl methyl sites for hydroxylation is 1. The lowest BCUT2D eigenvalue weighted by molar-refractivity contribution is -0.389. The van der Waals surface area contributed by atoms with E-state index in [0.29, 0.717) is 5.13 Å². The smallest absolute Gasteiger partial charge is 0.358 e. The zero-order chi connectivity index (χ0) is 13.8. The highest BCUT2D eigenvalue weighted by Crippen LogP contribution is 2.15. The van der Waals surface area contributed by atoms with Crippen LogP contribution in [-0.2, 0) is 17.8 Å². The second-order valence-electron chi connectivity index (χ2n) is 3.53. The largest absolute Gasteiger partial charge is 0.389 e. The molecule has 2 rings (SSSR count). The first-order valence-electron chi connectivity index (χ1n) is 5.38. The van der Waals surface area contributed by atoms with Crippen LogP contribution in [-0.4, -0.2) is 30.8 Å². The van der Waals surface area contributed by atoms with Gasteiger partial charge in [0.15, 0.2) is 0 Å². The molecule has 2 aromatic heterocycles. The molecule has 0 unspecified atom stereocenters. The molecule has 1 N–H and O–H groups in total. The van der Waals surface area contributed by atoms with Crippen LogP contribution in [0.2, 0.25) is 0 Å². The van der Waals surface area contributed by atoms with Gasteiger partial charge in [0.2, 0.25) is 11.0 Å². The van der Waals surface area contributed by atoms with Crippen molar-refractivity contribution >= 4 is 28.2 Å². The second-order valence-corrected chi connectivity index (χ2v) is 4.59. The quantitative estimate of drug-likeness (QED) is 0.641. The van der Waals surface area contributed by atoms with Crippen LogP contribution in [0.1, 0.15) is 11.9 Å². The van der Waals surface area contributed by atoms with Gasteiger partial charge in [-0.2, -0.15) is 4.68 Å². The highest BCUT2D eigenvalue weighted by molar-refractivity contribution is 7.15. The number of rotatable bonds is 5. The van der Waals surface area contributed by atoms with Crippen LogP contribution >= 0.6 is 11.3 Å². The summed E-state index contributed by atoms with van der Waals surface area (Å²) >= 11 is 1.29. The summed E-state index contributed by atoms with van der Waals surface area (Å²) in [4.78, 5) is 21.5. The van der Waals surface area contributed by atoms with Gasteiger partial charge in [-0.1, -0.05) is 18.3 Å². The Morgan fingerprint density at radius 1 is 1.58 bits per heavy atom. The molecule has 0 radical (unpaired) electrons. The van der Waals surface area contributed by atoms with Crippen LogP contribution in [0.4, 0.5) is 10.9 Å². The fraction of sp³-hybridized carbons (Fsp3) is 0.333. The van der Waals surface area contributed by atoms with Crippen LogP contribution in [0.15, 0.2) is 12.3 Å². The van der Waals surface area contributed by atoms with E-state index in [1.54, 1.807) is 0 Å². The number of hydrogen-bond donors (Lipinski definition) is 1. The number of carbonyl (C=O) groups excluding carboxylic acids is 1. The molecule has 10 heteroatoms. The lowest BCUT2D eigenvalue weighted by Crippen LogP contribution is -2.19. The van der Waals surface area contributed by atoms with Crippen molar-refractivity contribution in [2.75, 3.05) is 5.32 Å². The molecule has 0 saturated heterocycles. The van der Waals surface area contributed by atoms with Crippen molar-refractivity contribution in [3.05, 3.63) is 27.4 Å². The van der Waals surface area contributed by atoms with E-state index in [-0.39, 0.29) is 18.3 Å². The summed E-state index contributed by atoms with van der Waals surface area (Å²) in [5.41, 5.74) is 0. The molecule has 0 aliphatic rings.